The van der Waals surface area contributed by atoms with E-state index in [4.69, 9.17) is 10.5 Å². The summed E-state index contributed by atoms with van der Waals surface area (Å²) in [4.78, 5) is 4.13. The average molecular weight is 234 g/mol. The fraction of sp³-hybridized carbons (Fsp3) is 0.667. The van der Waals surface area contributed by atoms with Gasteiger partial charge >= 0.3 is 0 Å². The molecule has 1 aromatic rings. The van der Waals surface area contributed by atoms with Crippen LogP contribution in [0.2, 0.25) is 0 Å². The summed E-state index contributed by atoms with van der Waals surface area (Å²) in [7, 11) is 1.55. The van der Waals surface area contributed by atoms with E-state index in [1.807, 2.05) is 0 Å². The van der Waals surface area contributed by atoms with E-state index in [1.54, 1.807) is 12.5 Å². The van der Waals surface area contributed by atoms with Crippen molar-refractivity contribution in [2.45, 2.75) is 24.4 Å². The van der Waals surface area contributed by atoms with Crippen LogP contribution < -0.4 is 5.73 Å². The molecule has 1 unspecified atom stereocenters. The van der Waals surface area contributed by atoms with E-state index < -0.39 is 11.3 Å². The standard InChI is InChI=1S/C9H12F2N2OS/c1-14-2-7-13-6(3-15-7)8(5-12)4-9(8,10)11/h3H,2,4-5,12H2,1H3. The van der Waals surface area contributed by atoms with Gasteiger partial charge < -0.3 is 10.5 Å². The number of methoxy groups -OCH3 is 1. The fourth-order valence-electron chi connectivity index (χ4n) is 1.66. The minimum Gasteiger partial charge on any atom is -0.378 e. The van der Waals surface area contributed by atoms with Gasteiger partial charge in [0.15, 0.2) is 0 Å². The number of hydrogen-bond donors (Lipinski definition) is 1. The summed E-state index contributed by atoms with van der Waals surface area (Å²) in [6.45, 7) is 0.299. The maximum atomic E-state index is 13.2. The van der Waals surface area contributed by atoms with E-state index in [-0.39, 0.29) is 13.0 Å². The van der Waals surface area contributed by atoms with Crippen LogP contribution in [0.3, 0.4) is 0 Å². The molecule has 1 fully saturated rings. The molecule has 0 aromatic carbocycles. The molecule has 6 heteroatoms. The molecule has 3 nitrogen and oxygen atoms in total. The lowest BCUT2D eigenvalue weighted by Crippen LogP contribution is -2.27. The summed E-state index contributed by atoms with van der Waals surface area (Å²) < 4.78 is 31.3. The predicted molar refractivity (Wildman–Crippen MR) is 53.1 cm³/mol. The van der Waals surface area contributed by atoms with Crippen LogP contribution in [-0.4, -0.2) is 24.6 Å². The lowest BCUT2D eigenvalue weighted by molar-refractivity contribution is 0.0886. The average Bonchev–Trinajstić information content (AvgIpc) is 2.59. The van der Waals surface area contributed by atoms with Crippen LogP contribution in [0.15, 0.2) is 5.38 Å². The Labute approximate surface area is 90.3 Å². The summed E-state index contributed by atoms with van der Waals surface area (Å²) in [5.74, 6) is -2.69. The molecule has 0 radical (unpaired) electrons. The monoisotopic (exact) mass is 234 g/mol. The molecule has 0 amide bonds. The SMILES string of the molecule is COCc1nc(C2(CN)CC2(F)F)cs1. The van der Waals surface area contributed by atoms with Crippen LogP contribution in [0.4, 0.5) is 8.78 Å². The highest BCUT2D eigenvalue weighted by Gasteiger charge is 2.72. The molecular formula is C9H12F2N2OS. The normalized spacial score (nSPS) is 28.0. The Hall–Kier alpha value is -0.590. The van der Waals surface area contributed by atoms with E-state index in [0.717, 1.165) is 0 Å². The van der Waals surface area contributed by atoms with Crippen LogP contribution >= 0.6 is 11.3 Å². The van der Waals surface area contributed by atoms with Crippen molar-refractivity contribution < 1.29 is 13.5 Å². The molecule has 1 aliphatic rings. The van der Waals surface area contributed by atoms with Crippen molar-refractivity contribution in [3.8, 4) is 0 Å². The molecule has 1 atom stereocenters. The van der Waals surface area contributed by atoms with Crippen molar-refractivity contribution in [3.63, 3.8) is 0 Å². The van der Waals surface area contributed by atoms with Crippen molar-refractivity contribution in [2.24, 2.45) is 5.73 Å². The van der Waals surface area contributed by atoms with Gasteiger partial charge in [-0.05, 0) is 0 Å². The quantitative estimate of drug-likeness (QED) is 0.859. The largest absolute Gasteiger partial charge is 0.378 e. The van der Waals surface area contributed by atoms with Crippen LogP contribution in [0.25, 0.3) is 0 Å². The summed E-state index contributed by atoms with van der Waals surface area (Å²) in [5, 5.41) is 2.37. The van der Waals surface area contributed by atoms with Crippen LogP contribution in [-0.2, 0) is 16.8 Å². The van der Waals surface area contributed by atoms with Crippen molar-refractivity contribution >= 4 is 11.3 Å². The molecule has 1 aromatic heterocycles. The summed E-state index contributed by atoms with van der Waals surface area (Å²) in [6, 6.07) is 0. The van der Waals surface area contributed by atoms with E-state index in [9.17, 15) is 8.78 Å². The van der Waals surface area contributed by atoms with Gasteiger partial charge in [0.2, 0.25) is 0 Å². The first-order valence-corrected chi connectivity index (χ1v) is 5.45. The maximum absolute atomic E-state index is 13.2. The first-order valence-electron chi connectivity index (χ1n) is 4.57. The Kier molecular flexibility index (Phi) is 2.52. The third-order valence-corrected chi connectivity index (χ3v) is 3.58. The number of nitrogens with two attached hydrogens (primary N) is 1. The van der Waals surface area contributed by atoms with Gasteiger partial charge in [-0.3, -0.25) is 0 Å². The van der Waals surface area contributed by atoms with Crippen LogP contribution in [0.1, 0.15) is 17.1 Å². The molecule has 0 bridgehead atoms. The topological polar surface area (TPSA) is 48.1 Å². The molecule has 0 saturated heterocycles. The zero-order chi connectivity index (χ0) is 11.1. The number of halogens is 2. The van der Waals surface area contributed by atoms with Gasteiger partial charge in [0, 0.05) is 25.5 Å². The molecule has 1 heterocycles. The van der Waals surface area contributed by atoms with Gasteiger partial charge in [-0.1, -0.05) is 0 Å². The van der Waals surface area contributed by atoms with Crippen LogP contribution in [0, 0.1) is 0 Å². The van der Waals surface area contributed by atoms with Crippen LogP contribution in [0.5, 0.6) is 0 Å². The van der Waals surface area contributed by atoms with Gasteiger partial charge in [0.1, 0.15) is 5.01 Å². The molecular weight excluding hydrogens is 222 g/mol. The summed E-state index contributed by atoms with van der Waals surface area (Å²) in [6.07, 6.45) is -0.188. The van der Waals surface area contributed by atoms with Gasteiger partial charge in [-0.15, -0.1) is 11.3 Å². The first-order chi connectivity index (χ1) is 7.05. The first kappa shape index (κ1) is 10.9. The number of hydrogen-bond acceptors (Lipinski definition) is 4. The zero-order valence-corrected chi connectivity index (χ0v) is 9.11. The smallest absolute Gasteiger partial charge is 0.261 e. The van der Waals surface area contributed by atoms with Gasteiger partial charge in [0.05, 0.1) is 17.7 Å². The second-order valence-corrected chi connectivity index (χ2v) is 4.67. The van der Waals surface area contributed by atoms with E-state index in [0.29, 0.717) is 17.3 Å². The van der Waals surface area contributed by atoms with Crippen molar-refractivity contribution in [1.82, 2.24) is 4.98 Å². The second kappa shape index (κ2) is 3.47. The fourth-order valence-corrected chi connectivity index (χ4v) is 2.52. The zero-order valence-electron chi connectivity index (χ0n) is 8.30. The Balaban J connectivity index is 2.22. The number of aromatic nitrogens is 1. The Morgan fingerprint density at radius 3 is 2.80 bits per heavy atom. The Bertz CT molecular complexity index is 369. The molecule has 2 rings (SSSR count). The highest BCUT2D eigenvalue weighted by molar-refractivity contribution is 7.09. The maximum Gasteiger partial charge on any atom is 0.261 e. The Morgan fingerprint density at radius 1 is 1.67 bits per heavy atom. The second-order valence-electron chi connectivity index (χ2n) is 3.73. The lowest BCUT2D eigenvalue weighted by Gasteiger charge is -2.09. The number of nitrogens with zero attached hydrogens (tertiary/aromatic N) is 1. The highest BCUT2D eigenvalue weighted by atomic mass is 32.1. The van der Waals surface area contributed by atoms with E-state index >= 15 is 0 Å². The minimum atomic E-state index is -2.69. The third kappa shape index (κ3) is 1.56. The van der Waals surface area contributed by atoms with Gasteiger partial charge in [0.25, 0.3) is 5.92 Å². The number of thiazole rings is 1. The van der Waals surface area contributed by atoms with Gasteiger partial charge in [-0.2, -0.15) is 0 Å². The van der Waals surface area contributed by atoms with Crippen molar-refractivity contribution in [1.29, 1.82) is 0 Å². The number of alkyl halides is 2. The molecule has 15 heavy (non-hydrogen) atoms. The number of ether oxygens (including phenoxy) is 1. The van der Waals surface area contributed by atoms with Gasteiger partial charge in [-0.25, -0.2) is 13.8 Å². The third-order valence-electron chi connectivity index (χ3n) is 2.76. The number of rotatable bonds is 4. The minimum absolute atomic E-state index is 0.0594. The summed E-state index contributed by atoms with van der Waals surface area (Å²) in [5.41, 5.74) is 4.61. The molecule has 2 N–H and O–H groups in total. The Morgan fingerprint density at radius 2 is 2.33 bits per heavy atom. The summed E-state index contributed by atoms with van der Waals surface area (Å²) >= 11 is 1.33. The van der Waals surface area contributed by atoms with Crippen molar-refractivity contribution in [3.05, 3.63) is 16.1 Å². The molecule has 0 aliphatic heterocycles. The van der Waals surface area contributed by atoms with E-state index in [2.05, 4.69) is 4.98 Å². The lowest BCUT2D eigenvalue weighted by atomic mass is 10.0. The predicted octanol–water partition coefficient (Wildman–Crippen LogP) is 1.53. The molecule has 1 aliphatic carbocycles. The highest BCUT2D eigenvalue weighted by Crippen LogP contribution is 2.60. The molecule has 1 saturated carbocycles. The molecule has 0 spiro atoms. The van der Waals surface area contributed by atoms with Crippen molar-refractivity contribution in [2.75, 3.05) is 13.7 Å². The van der Waals surface area contributed by atoms with E-state index in [1.165, 1.54) is 11.3 Å². The molecule has 84 valence electrons.